The molecule has 0 bridgehead atoms. The molecule has 0 aliphatic heterocycles. The van der Waals surface area contributed by atoms with E-state index in [0.29, 0.717) is 18.2 Å². The lowest BCUT2D eigenvalue weighted by molar-refractivity contribution is 0.0602. The standard InChI is InChI=1S/C29H29N7O4/c1-29(2,40)25-24(27(38)39)36(28(30-3)31-25)16-17-7-10-20(11-8-17)23-15-19(13-18-5-4-6-21(37)14-18)9-12-22(23)26-32-34-35-33-26/h4-12,14-15,37,40H,13,16H2,1-3H3,(H,30,31)(H,38,39)(H,32,33,34,35). The molecule has 0 saturated heterocycles. The molecular formula is C29H29N7O4. The third-order valence-corrected chi connectivity index (χ3v) is 6.57. The van der Waals surface area contributed by atoms with E-state index in [4.69, 9.17) is 0 Å². The van der Waals surface area contributed by atoms with Gasteiger partial charge in [-0.2, -0.15) is 5.21 Å². The van der Waals surface area contributed by atoms with E-state index < -0.39 is 11.6 Å². The number of aromatic nitrogens is 6. The van der Waals surface area contributed by atoms with E-state index in [0.717, 1.165) is 33.4 Å². The number of H-pyrrole nitrogens is 1. The van der Waals surface area contributed by atoms with Crippen molar-refractivity contribution in [2.45, 2.75) is 32.4 Å². The van der Waals surface area contributed by atoms with Gasteiger partial charge in [0.05, 0.1) is 6.54 Å². The lowest BCUT2D eigenvalue weighted by atomic mass is 9.94. The van der Waals surface area contributed by atoms with Gasteiger partial charge in [0, 0.05) is 12.6 Å². The summed E-state index contributed by atoms with van der Waals surface area (Å²) in [4.78, 5) is 16.5. The quantitative estimate of drug-likeness (QED) is 0.186. The van der Waals surface area contributed by atoms with Crippen LogP contribution in [0.15, 0.2) is 66.7 Å². The van der Waals surface area contributed by atoms with Crippen LogP contribution in [0.3, 0.4) is 0 Å². The molecule has 0 saturated carbocycles. The molecule has 11 heteroatoms. The number of hydrogen-bond acceptors (Lipinski definition) is 8. The minimum atomic E-state index is -1.43. The van der Waals surface area contributed by atoms with Gasteiger partial charge in [0.15, 0.2) is 5.69 Å². The van der Waals surface area contributed by atoms with E-state index in [9.17, 15) is 20.1 Å². The summed E-state index contributed by atoms with van der Waals surface area (Å²) in [6, 6.07) is 20.9. The second-order valence-corrected chi connectivity index (χ2v) is 9.99. The maximum Gasteiger partial charge on any atom is 0.354 e. The van der Waals surface area contributed by atoms with Crippen LogP contribution in [0.4, 0.5) is 5.95 Å². The summed E-state index contributed by atoms with van der Waals surface area (Å²) in [5, 5.41) is 47.8. The molecule has 0 atom stereocenters. The van der Waals surface area contributed by atoms with Gasteiger partial charge in [0.25, 0.3) is 0 Å². The molecule has 3 aromatic carbocycles. The number of carboxylic acids is 1. The Morgan fingerprint density at radius 3 is 2.35 bits per heavy atom. The van der Waals surface area contributed by atoms with Gasteiger partial charge in [-0.25, -0.2) is 9.78 Å². The summed E-state index contributed by atoms with van der Waals surface area (Å²) in [5.41, 5.74) is 4.08. The Hall–Kier alpha value is -5.03. The Kier molecular flexibility index (Phi) is 7.05. The molecule has 0 unspecified atom stereocenters. The van der Waals surface area contributed by atoms with Crippen LogP contribution in [0.5, 0.6) is 5.75 Å². The number of rotatable bonds is 9. The van der Waals surface area contributed by atoms with Crippen molar-refractivity contribution in [1.82, 2.24) is 30.2 Å². The third-order valence-electron chi connectivity index (χ3n) is 6.57. The molecule has 2 aromatic heterocycles. The Morgan fingerprint density at radius 1 is 1.00 bits per heavy atom. The fourth-order valence-electron chi connectivity index (χ4n) is 4.73. The minimum Gasteiger partial charge on any atom is -0.508 e. The van der Waals surface area contributed by atoms with Crippen LogP contribution in [0.1, 0.15) is 46.7 Å². The number of hydrogen-bond donors (Lipinski definition) is 5. The van der Waals surface area contributed by atoms with Gasteiger partial charge in [-0.3, -0.25) is 4.57 Å². The lowest BCUT2D eigenvalue weighted by Crippen LogP contribution is -2.22. The highest BCUT2D eigenvalue weighted by molar-refractivity contribution is 5.88. The van der Waals surface area contributed by atoms with E-state index >= 15 is 0 Å². The van der Waals surface area contributed by atoms with Crippen LogP contribution in [0.25, 0.3) is 22.5 Å². The van der Waals surface area contributed by atoms with Crippen molar-refractivity contribution in [2.75, 3.05) is 12.4 Å². The normalized spacial score (nSPS) is 11.5. The van der Waals surface area contributed by atoms with Crippen LogP contribution >= 0.6 is 0 Å². The third kappa shape index (κ3) is 5.40. The molecule has 11 nitrogen and oxygen atoms in total. The number of aromatic carboxylic acids is 1. The van der Waals surface area contributed by atoms with Gasteiger partial charge >= 0.3 is 5.97 Å². The Morgan fingerprint density at radius 2 is 1.73 bits per heavy atom. The first-order chi connectivity index (χ1) is 19.1. The minimum absolute atomic E-state index is 0.0695. The van der Waals surface area contributed by atoms with Crippen molar-refractivity contribution in [2.24, 2.45) is 0 Å². The zero-order valence-electron chi connectivity index (χ0n) is 22.3. The smallest absolute Gasteiger partial charge is 0.354 e. The molecule has 0 radical (unpaired) electrons. The highest BCUT2D eigenvalue weighted by Crippen LogP contribution is 2.33. The first kappa shape index (κ1) is 26.6. The fraction of sp³-hybridized carbons (Fsp3) is 0.207. The van der Waals surface area contributed by atoms with E-state index in [2.05, 4.69) is 37.0 Å². The average Bonchev–Trinajstić information content (AvgIpc) is 3.57. The fourth-order valence-corrected chi connectivity index (χ4v) is 4.73. The molecule has 5 rings (SSSR count). The van der Waals surface area contributed by atoms with Gasteiger partial charge in [0.2, 0.25) is 11.8 Å². The highest BCUT2D eigenvalue weighted by atomic mass is 16.4. The molecule has 0 fully saturated rings. The summed E-state index contributed by atoms with van der Waals surface area (Å²) in [6.07, 6.45) is 0.626. The van der Waals surface area contributed by atoms with E-state index in [1.807, 2.05) is 48.5 Å². The second-order valence-electron chi connectivity index (χ2n) is 9.99. The Bertz CT molecular complexity index is 1650. The number of aliphatic hydroxyl groups is 1. The molecule has 0 aliphatic carbocycles. The predicted molar refractivity (Wildman–Crippen MR) is 149 cm³/mol. The van der Waals surface area contributed by atoms with Crippen LogP contribution in [0.2, 0.25) is 0 Å². The van der Waals surface area contributed by atoms with Gasteiger partial charge in [-0.05, 0) is 65.4 Å². The number of phenolic OH excluding ortho intramolecular Hbond substituents is 1. The first-order valence-corrected chi connectivity index (χ1v) is 12.6. The summed E-state index contributed by atoms with van der Waals surface area (Å²) >= 11 is 0. The average molecular weight is 540 g/mol. The molecule has 2 heterocycles. The zero-order valence-corrected chi connectivity index (χ0v) is 22.3. The molecule has 5 aromatic rings. The second kappa shape index (κ2) is 10.6. The van der Waals surface area contributed by atoms with Crippen molar-refractivity contribution in [3.05, 3.63) is 94.8 Å². The molecule has 0 amide bonds. The largest absolute Gasteiger partial charge is 0.508 e. The van der Waals surface area contributed by atoms with Gasteiger partial charge in [-0.1, -0.05) is 54.6 Å². The number of carbonyl (C=O) groups is 1. The first-order valence-electron chi connectivity index (χ1n) is 12.6. The molecule has 5 N–H and O–H groups in total. The summed E-state index contributed by atoms with van der Waals surface area (Å²) < 4.78 is 1.55. The maximum atomic E-state index is 12.1. The van der Waals surface area contributed by atoms with Gasteiger partial charge < -0.3 is 20.6 Å². The van der Waals surface area contributed by atoms with Crippen molar-refractivity contribution in [3.63, 3.8) is 0 Å². The number of aromatic hydroxyl groups is 1. The van der Waals surface area contributed by atoms with Crippen molar-refractivity contribution in [1.29, 1.82) is 0 Å². The van der Waals surface area contributed by atoms with Crippen LogP contribution < -0.4 is 5.32 Å². The van der Waals surface area contributed by atoms with Crippen LogP contribution in [0, 0.1) is 0 Å². The highest BCUT2D eigenvalue weighted by Gasteiger charge is 2.31. The molecule has 0 aliphatic rings. The van der Waals surface area contributed by atoms with Gasteiger partial charge in [-0.15, -0.1) is 10.2 Å². The summed E-state index contributed by atoms with van der Waals surface area (Å²) in [6.45, 7) is 3.25. The number of carboxylic acid groups (broad SMARTS) is 1. The summed E-state index contributed by atoms with van der Waals surface area (Å²) in [7, 11) is 1.66. The summed E-state index contributed by atoms with van der Waals surface area (Å²) in [5.74, 6) is -0.143. The molecule has 0 spiro atoms. The molecule has 204 valence electrons. The number of nitrogens with zero attached hydrogens (tertiary/aromatic N) is 5. The van der Waals surface area contributed by atoms with E-state index in [-0.39, 0.29) is 23.7 Å². The van der Waals surface area contributed by atoms with E-state index in [1.54, 1.807) is 23.7 Å². The van der Waals surface area contributed by atoms with Crippen molar-refractivity contribution >= 4 is 11.9 Å². The lowest BCUT2D eigenvalue weighted by Gasteiger charge is -2.16. The van der Waals surface area contributed by atoms with Crippen LogP contribution in [-0.2, 0) is 18.6 Å². The number of aromatic amines is 1. The topological polar surface area (TPSA) is 162 Å². The Balaban J connectivity index is 1.51. The van der Waals surface area contributed by atoms with Crippen molar-refractivity contribution in [3.8, 4) is 28.3 Å². The van der Waals surface area contributed by atoms with Crippen LogP contribution in [-0.4, -0.2) is 58.5 Å². The Labute approximate surface area is 230 Å². The molecular weight excluding hydrogens is 510 g/mol. The number of anilines is 1. The SMILES string of the molecule is CNc1nc(C(C)(C)O)c(C(=O)O)n1Cc1ccc(-c2cc(Cc3cccc(O)c3)ccc2-c2nn[nH]n2)cc1. The number of benzene rings is 3. The molecule has 40 heavy (non-hydrogen) atoms. The zero-order chi connectivity index (χ0) is 28.4. The number of phenols is 1. The number of nitrogens with one attached hydrogen (secondary N) is 2. The monoisotopic (exact) mass is 539 g/mol. The number of imidazole rings is 1. The maximum absolute atomic E-state index is 12.1. The predicted octanol–water partition coefficient (Wildman–Crippen LogP) is 4.04. The van der Waals surface area contributed by atoms with E-state index in [1.165, 1.54) is 13.8 Å². The van der Waals surface area contributed by atoms with Crippen molar-refractivity contribution < 1.29 is 20.1 Å². The van der Waals surface area contributed by atoms with Gasteiger partial charge in [0.1, 0.15) is 17.0 Å². The number of tetrazole rings is 1.